The van der Waals surface area contributed by atoms with E-state index in [2.05, 4.69) is 57.3 Å². The van der Waals surface area contributed by atoms with Crippen LogP contribution in [0.2, 0.25) is 0 Å². The second-order valence-corrected chi connectivity index (χ2v) is 8.47. The topological polar surface area (TPSA) is 38.9 Å². The maximum absolute atomic E-state index is 5.49. The van der Waals surface area contributed by atoms with E-state index < -0.39 is 0 Å². The van der Waals surface area contributed by atoms with Gasteiger partial charge in [0.15, 0.2) is 0 Å². The van der Waals surface area contributed by atoms with E-state index in [-0.39, 0.29) is 0 Å². The summed E-state index contributed by atoms with van der Waals surface area (Å²) in [5, 5.41) is 4.13. The number of hydrogen-bond acceptors (Lipinski definition) is 3. The molecule has 3 nitrogen and oxygen atoms in total. The van der Waals surface area contributed by atoms with Crippen molar-refractivity contribution in [3.05, 3.63) is 58.6 Å². The summed E-state index contributed by atoms with van der Waals surface area (Å²) in [6.45, 7) is 2.30. The Kier molecular flexibility index (Phi) is 5.72. The molecule has 1 aliphatic carbocycles. The summed E-state index contributed by atoms with van der Waals surface area (Å²) in [5.41, 5.74) is 3.38. The van der Waals surface area contributed by atoms with E-state index in [1.165, 1.54) is 44.1 Å². The predicted molar refractivity (Wildman–Crippen MR) is 112 cm³/mol. The van der Waals surface area contributed by atoms with Crippen LogP contribution in [0.25, 0.3) is 22.8 Å². The first-order chi connectivity index (χ1) is 13.2. The Morgan fingerprint density at radius 2 is 1.59 bits per heavy atom. The summed E-state index contributed by atoms with van der Waals surface area (Å²) in [4.78, 5) is 4.56. The standard InChI is InChI=1S/C23H25BrN2O/c1-2-3-16-4-6-17(7-5-16)18-8-10-20(11-9-18)23-25-22(26-27-23)19-12-14-21(24)15-13-19/h8-17H,2-7H2,1H3. The van der Waals surface area contributed by atoms with Crippen LogP contribution in [0.15, 0.2) is 57.5 Å². The molecule has 0 saturated heterocycles. The lowest BCUT2D eigenvalue weighted by Gasteiger charge is -2.28. The Morgan fingerprint density at radius 3 is 2.26 bits per heavy atom. The zero-order chi connectivity index (χ0) is 18.6. The second-order valence-electron chi connectivity index (χ2n) is 7.56. The molecule has 0 amide bonds. The highest BCUT2D eigenvalue weighted by molar-refractivity contribution is 9.10. The number of nitrogens with zero attached hydrogens (tertiary/aromatic N) is 2. The molecule has 0 aliphatic heterocycles. The summed E-state index contributed by atoms with van der Waals surface area (Å²) < 4.78 is 6.53. The first-order valence-corrected chi connectivity index (χ1v) is 10.7. The van der Waals surface area contributed by atoms with Gasteiger partial charge in [-0.2, -0.15) is 4.98 Å². The lowest BCUT2D eigenvalue weighted by molar-refractivity contribution is 0.308. The summed E-state index contributed by atoms with van der Waals surface area (Å²) in [7, 11) is 0. The van der Waals surface area contributed by atoms with Gasteiger partial charge in [-0.15, -0.1) is 0 Å². The van der Waals surface area contributed by atoms with E-state index in [1.807, 2.05) is 24.3 Å². The molecule has 3 aromatic rings. The average molecular weight is 425 g/mol. The van der Waals surface area contributed by atoms with Gasteiger partial charge in [-0.3, -0.25) is 0 Å². The third-order valence-corrected chi connectivity index (χ3v) is 6.23. The zero-order valence-electron chi connectivity index (χ0n) is 15.7. The third-order valence-electron chi connectivity index (χ3n) is 5.70. The smallest absolute Gasteiger partial charge is 0.258 e. The van der Waals surface area contributed by atoms with Crippen molar-refractivity contribution in [2.75, 3.05) is 0 Å². The molecule has 1 fully saturated rings. The van der Waals surface area contributed by atoms with Gasteiger partial charge in [-0.25, -0.2) is 0 Å². The molecule has 0 N–H and O–H groups in total. The van der Waals surface area contributed by atoms with Crippen LogP contribution < -0.4 is 0 Å². The quantitative estimate of drug-likeness (QED) is 0.433. The van der Waals surface area contributed by atoms with Crippen molar-refractivity contribution in [3.63, 3.8) is 0 Å². The molecule has 1 saturated carbocycles. The maximum Gasteiger partial charge on any atom is 0.258 e. The van der Waals surface area contributed by atoms with E-state index >= 15 is 0 Å². The van der Waals surface area contributed by atoms with Gasteiger partial charge in [0, 0.05) is 15.6 Å². The average Bonchev–Trinajstić information content (AvgIpc) is 3.20. The van der Waals surface area contributed by atoms with Crippen LogP contribution in [0.3, 0.4) is 0 Å². The molecule has 4 rings (SSSR count). The summed E-state index contributed by atoms with van der Waals surface area (Å²) >= 11 is 3.45. The van der Waals surface area contributed by atoms with Crippen molar-refractivity contribution < 1.29 is 4.52 Å². The SMILES string of the molecule is CCCC1CCC(c2ccc(-c3nc(-c4ccc(Br)cc4)no3)cc2)CC1. The zero-order valence-corrected chi connectivity index (χ0v) is 17.3. The molecule has 0 radical (unpaired) electrons. The Hall–Kier alpha value is -1.94. The largest absolute Gasteiger partial charge is 0.334 e. The Balaban J connectivity index is 1.44. The lowest BCUT2D eigenvalue weighted by atomic mass is 9.77. The van der Waals surface area contributed by atoms with E-state index in [0.29, 0.717) is 17.6 Å². The lowest BCUT2D eigenvalue weighted by Crippen LogP contribution is -2.13. The molecular formula is C23H25BrN2O. The van der Waals surface area contributed by atoms with Crippen LogP contribution in [-0.2, 0) is 0 Å². The van der Waals surface area contributed by atoms with Crippen LogP contribution in [0.4, 0.5) is 0 Å². The van der Waals surface area contributed by atoms with Gasteiger partial charge in [0.1, 0.15) is 0 Å². The highest BCUT2D eigenvalue weighted by Crippen LogP contribution is 2.38. The minimum atomic E-state index is 0.575. The van der Waals surface area contributed by atoms with Crippen molar-refractivity contribution in [1.29, 1.82) is 0 Å². The van der Waals surface area contributed by atoms with E-state index in [0.717, 1.165) is 21.5 Å². The molecule has 27 heavy (non-hydrogen) atoms. The van der Waals surface area contributed by atoms with E-state index in [9.17, 15) is 0 Å². The van der Waals surface area contributed by atoms with Gasteiger partial charge in [-0.05, 0) is 79.5 Å². The second kappa shape index (κ2) is 8.39. The Labute approximate surface area is 169 Å². The van der Waals surface area contributed by atoms with Gasteiger partial charge in [0.05, 0.1) is 0 Å². The normalized spacial score (nSPS) is 19.9. The fourth-order valence-electron chi connectivity index (χ4n) is 4.15. The molecule has 0 bridgehead atoms. The number of benzene rings is 2. The molecular weight excluding hydrogens is 400 g/mol. The van der Waals surface area contributed by atoms with Crippen LogP contribution in [0.1, 0.15) is 56.9 Å². The van der Waals surface area contributed by atoms with Crippen LogP contribution in [0, 0.1) is 5.92 Å². The minimum absolute atomic E-state index is 0.575. The number of aromatic nitrogens is 2. The van der Waals surface area contributed by atoms with Crippen molar-refractivity contribution >= 4 is 15.9 Å². The molecule has 0 spiro atoms. The van der Waals surface area contributed by atoms with Gasteiger partial charge in [0.2, 0.25) is 5.82 Å². The fraction of sp³-hybridized carbons (Fsp3) is 0.391. The Bertz CT molecular complexity index is 862. The van der Waals surface area contributed by atoms with Crippen molar-refractivity contribution in [2.24, 2.45) is 5.92 Å². The Morgan fingerprint density at radius 1 is 0.926 bits per heavy atom. The first-order valence-electron chi connectivity index (χ1n) is 9.93. The van der Waals surface area contributed by atoms with Crippen LogP contribution >= 0.6 is 15.9 Å². The van der Waals surface area contributed by atoms with E-state index in [4.69, 9.17) is 4.52 Å². The van der Waals surface area contributed by atoms with Gasteiger partial charge < -0.3 is 4.52 Å². The summed E-state index contributed by atoms with van der Waals surface area (Å²) in [5.74, 6) is 2.84. The number of halogens is 1. The molecule has 140 valence electrons. The van der Waals surface area contributed by atoms with Crippen LogP contribution in [0.5, 0.6) is 0 Å². The van der Waals surface area contributed by atoms with Crippen molar-refractivity contribution in [1.82, 2.24) is 10.1 Å². The molecule has 2 aromatic carbocycles. The minimum Gasteiger partial charge on any atom is -0.334 e. The number of rotatable bonds is 5. The third kappa shape index (κ3) is 4.32. The van der Waals surface area contributed by atoms with Gasteiger partial charge in [-0.1, -0.05) is 53.0 Å². The maximum atomic E-state index is 5.49. The summed E-state index contributed by atoms with van der Waals surface area (Å²) in [6, 6.07) is 16.6. The van der Waals surface area contributed by atoms with Gasteiger partial charge >= 0.3 is 0 Å². The molecule has 4 heteroatoms. The van der Waals surface area contributed by atoms with Gasteiger partial charge in [0.25, 0.3) is 5.89 Å². The molecule has 1 aliphatic rings. The predicted octanol–water partition coefficient (Wildman–Crippen LogP) is 7.24. The summed E-state index contributed by atoms with van der Waals surface area (Å²) in [6.07, 6.45) is 8.09. The van der Waals surface area contributed by atoms with E-state index in [1.54, 1.807) is 0 Å². The van der Waals surface area contributed by atoms with Crippen LogP contribution in [-0.4, -0.2) is 10.1 Å². The number of hydrogen-bond donors (Lipinski definition) is 0. The fourth-order valence-corrected chi connectivity index (χ4v) is 4.41. The van der Waals surface area contributed by atoms with Crippen molar-refractivity contribution in [2.45, 2.75) is 51.4 Å². The first kappa shape index (κ1) is 18.4. The molecule has 0 atom stereocenters. The highest BCUT2D eigenvalue weighted by Gasteiger charge is 2.22. The molecule has 1 aromatic heterocycles. The monoisotopic (exact) mass is 424 g/mol. The molecule has 1 heterocycles. The molecule has 0 unspecified atom stereocenters. The van der Waals surface area contributed by atoms with Crippen molar-refractivity contribution in [3.8, 4) is 22.8 Å². The highest BCUT2D eigenvalue weighted by atomic mass is 79.9.